The number of carbonyl (C=O) groups excluding carboxylic acids is 2. The molecule has 2 aliphatic rings. The third-order valence-corrected chi connectivity index (χ3v) is 4.03. The van der Waals surface area contributed by atoms with E-state index in [0.29, 0.717) is 13.0 Å². The first-order chi connectivity index (χ1) is 8.48. The van der Waals surface area contributed by atoms with Gasteiger partial charge in [-0.15, -0.1) is 0 Å². The standard InChI is InChI=1S/C13H23N3O2/c1-10(17)15-11-4-2-7-16(9-11)12(18)8-13(14)5-3-6-13/h11H,2-9,14H2,1H3,(H,15,17)/t11-/m0/s1. The van der Waals surface area contributed by atoms with Crippen molar-refractivity contribution in [3.63, 3.8) is 0 Å². The van der Waals surface area contributed by atoms with E-state index in [-0.39, 0.29) is 23.4 Å². The van der Waals surface area contributed by atoms with Gasteiger partial charge in [0.2, 0.25) is 11.8 Å². The van der Waals surface area contributed by atoms with Crippen LogP contribution in [0.4, 0.5) is 0 Å². The fourth-order valence-corrected chi connectivity index (χ4v) is 2.83. The molecule has 0 radical (unpaired) electrons. The van der Waals surface area contributed by atoms with Crippen molar-refractivity contribution in [1.29, 1.82) is 0 Å². The van der Waals surface area contributed by atoms with E-state index in [0.717, 1.165) is 38.6 Å². The third kappa shape index (κ3) is 3.22. The quantitative estimate of drug-likeness (QED) is 0.763. The molecule has 1 atom stereocenters. The van der Waals surface area contributed by atoms with Crippen molar-refractivity contribution in [2.24, 2.45) is 5.73 Å². The number of nitrogens with one attached hydrogen (secondary N) is 1. The SMILES string of the molecule is CC(=O)N[C@H]1CCCN(C(=O)CC2(N)CCC2)C1. The van der Waals surface area contributed by atoms with Gasteiger partial charge >= 0.3 is 0 Å². The topological polar surface area (TPSA) is 75.4 Å². The van der Waals surface area contributed by atoms with Gasteiger partial charge in [-0.25, -0.2) is 0 Å². The lowest BCUT2D eigenvalue weighted by molar-refractivity contribution is -0.135. The molecule has 5 heteroatoms. The average molecular weight is 253 g/mol. The Morgan fingerprint density at radius 2 is 2.11 bits per heavy atom. The Bertz CT molecular complexity index is 339. The molecule has 2 fully saturated rings. The van der Waals surface area contributed by atoms with Gasteiger partial charge in [0.05, 0.1) is 0 Å². The van der Waals surface area contributed by atoms with E-state index in [4.69, 9.17) is 5.73 Å². The molecule has 102 valence electrons. The smallest absolute Gasteiger partial charge is 0.224 e. The van der Waals surface area contributed by atoms with E-state index >= 15 is 0 Å². The van der Waals surface area contributed by atoms with Crippen molar-refractivity contribution in [2.75, 3.05) is 13.1 Å². The molecule has 3 N–H and O–H groups in total. The van der Waals surface area contributed by atoms with Crippen LogP contribution in [0.5, 0.6) is 0 Å². The van der Waals surface area contributed by atoms with E-state index in [2.05, 4.69) is 5.32 Å². The number of amides is 2. The highest BCUT2D eigenvalue weighted by Crippen LogP contribution is 2.32. The minimum atomic E-state index is -0.252. The predicted molar refractivity (Wildman–Crippen MR) is 68.8 cm³/mol. The second kappa shape index (κ2) is 5.26. The maximum Gasteiger partial charge on any atom is 0.224 e. The summed E-state index contributed by atoms with van der Waals surface area (Å²) in [6.45, 7) is 2.95. The zero-order chi connectivity index (χ0) is 13.2. The van der Waals surface area contributed by atoms with Gasteiger partial charge < -0.3 is 16.0 Å². The zero-order valence-corrected chi connectivity index (χ0v) is 11.1. The molecule has 5 nitrogen and oxygen atoms in total. The van der Waals surface area contributed by atoms with Gasteiger partial charge in [0.1, 0.15) is 0 Å². The fraction of sp³-hybridized carbons (Fsp3) is 0.846. The lowest BCUT2D eigenvalue weighted by Gasteiger charge is -2.40. The Kier molecular flexibility index (Phi) is 3.90. The summed E-state index contributed by atoms with van der Waals surface area (Å²) >= 11 is 0. The van der Waals surface area contributed by atoms with E-state index in [1.165, 1.54) is 6.92 Å². The summed E-state index contributed by atoms with van der Waals surface area (Å²) in [6, 6.07) is 0.107. The molecule has 1 aliphatic heterocycles. The molecule has 0 aromatic rings. The first kappa shape index (κ1) is 13.3. The van der Waals surface area contributed by atoms with Crippen molar-refractivity contribution in [1.82, 2.24) is 10.2 Å². The molecular weight excluding hydrogens is 230 g/mol. The summed E-state index contributed by atoms with van der Waals surface area (Å²) in [5.74, 6) is 0.121. The monoisotopic (exact) mass is 253 g/mol. The molecule has 1 heterocycles. The van der Waals surface area contributed by atoms with Gasteiger partial charge in [-0.3, -0.25) is 9.59 Å². The molecule has 2 rings (SSSR count). The van der Waals surface area contributed by atoms with Crippen molar-refractivity contribution in [3.8, 4) is 0 Å². The Hall–Kier alpha value is -1.10. The summed E-state index contributed by atoms with van der Waals surface area (Å²) in [6.07, 6.45) is 5.42. The molecule has 2 amide bonds. The Morgan fingerprint density at radius 1 is 1.39 bits per heavy atom. The summed E-state index contributed by atoms with van der Waals surface area (Å²) < 4.78 is 0. The van der Waals surface area contributed by atoms with Crippen LogP contribution in [0.2, 0.25) is 0 Å². The van der Waals surface area contributed by atoms with E-state index < -0.39 is 0 Å². The average Bonchev–Trinajstić information content (AvgIpc) is 2.26. The Balaban J connectivity index is 1.84. The van der Waals surface area contributed by atoms with E-state index in [1.807, 2.05) is 4.90 Å². The van der Waals surface area contributed by atoms with Gasteiger partial charge in [0, 0.05) is 38.0 Å². The van der Waals surface area contributed by atoms with Crippen LogP contribution in [0, 0.1) is 0 Å². The maximum atomic E-state index is 12.2. The van der Waals surface area contributed by atoms with Crippen LogP contribution in [0.3, 0.4) is 0 Å². The highest BCUT2D eigenvalue weighted by molar-refractivity contribution is 5.78. The van der Waals surface area contributed by atoms with Gasteiger partial charge in [-0.2, -0.15) is 0 Å². The number of rotatable bonds is 3. The molecule has 0 spiro atoms. The number of piperidine rings is 1. The van der Waals surface area contributed by atoms with Gasteiger partial charge in [-0.05, 0) is 32.1 Å². The Labute approximate surface area is 108 Å². The highest BCUT2D eigenvalue weighted by Gasteiger charge is 2.36. The second-order valence-electron chi connectivity index (χ2n) is 5.77. The van der Waals surface area contributed by atoms with Crippen molar-refractivity contribution in [3.05, 3.63) is 0 Å². The molecular formula is C13H23N3O2. The molecule has 0 bridgehead atoms. The van der Waals surface area contributed by atoms with Gasteiger partial charge in [0.25, 0.3) is 0 Å². The minimum Gasteiger partial charge on any atom is -0.352 e. The summed E-state index contributed by atoms with van der Waals surface area (Å²) in [4.78, 5) is 25.1. The fourth-order valence-electron chi connectivity index (χ4n) is 2.83. The van der Waals surface area contributed by atoms with Crippen LogP contribution in [0.15, 0.2) is 0 Å². The largest absolute Gasteiger partial charge is 0.352 e. The zero-order valence-electron chi connectivity index (χ0n) is 11.1. The summed E-state index contributed by atoms with van der Waals surface area (Å²) in [5.41, 5.74) is 5.86. The van der Waals surface area contributed by atoms with E-state index in [9.17, 15) is 9.59 Å². The molecule has 1 saturated heterocycles. The van der Waals surface area contributed by atoms with Gasteiger partial charge in [0.15, 0.2) is 0 Å². The molecule has 1 saturated carbocycles. The van der Waals surface area contributed by atoms with Crippen molar-refractivity contribution >= 4 is 11.8 Å². The number of hydrogen-bond acceptors (Lipinski definition) is 3. The lowest BCUT2D eigenvalue weighted by Crippen LogP contribution is -2.54. The third-order valence-electron chi connectivity index (χ3n) is 4.03. The number of hydrogen-bond donors (Lipinski definition) is 2. The van der Waals surface area contributed by atoms with E-state index in [1.54, 1.807) is 0 Å². The number of likely N-dealkylation sites (tertiary alicyclic amines) is 1. The second-order valence-corrected chi connectivity index (χ2v) is 5.77. The molecule has 0 aromatic heterocycles. The minimum absolute atomic E-state index is 0.0245. The number of nitrogens with two attached hydrogens (primary N) is 1. The van der Waals surface area contributed by atoms with Crippen LogP contribution in [0.25, 0.3) is 0 Å². The Morgan fingerprint density at radius 3 is 2.67 bits per heavy atom. The normalized spacial score (nSPS) is 26.3. The lowest BCUT2D eigenvalue weighted by atomic mass is 9.75. The van der Waals surface area contributed by atoms with Crippen LogP contribution in [0.1, 0.15) is 45.4 Å². The first-order valence-electron chi connectivity index (χ1n) is 6.82. The van der Waals surface area contributed by atoms with Crippen LogP contribution < -0.4 is 11.1 Å². The van der Waals surface area contributed by atoms with Crippen LogP contribution >= 0.6 is 0 Å². The summed E-state index contributed by atoms with van der Waals surface area (Å²) in [5, 5.41) is 2.89. The summed E-state index contributed by atoms with van der Waals surface area (Å²) in [7, 11) is 0. The van der Waals surface area contributed by atoms with Crippen molar-refractivity contribution < 1.29 is 9.59 Å². The number of nitrogens with zero attached hydrogens (tertiary/aromatic N) is 1. The van der Waals surface area contributed by atoms with Crippen LogP contribution in [-0.4, -0.2) is 41.4 Å². The highest BCUT2D eigenvalue weighted by atomic mass is 16.2. The van der Waals surface area contributed by atoms with Crippen molar-refractivity contribution in [2.45, 2.75) is 57.0 Å². The molecule has 0 aromatic carbocycles. The molecule has 18 heavy (non-hydrogen) atoms. The van der Waals surface area contributed by atoms with Gasteiger partial charge in [-0.1, -0.05) is 0 Å². The predicted octanol–water partition coefficient (Wildman–Crippen LogP) is 0.385. The maximum absolute atomic E-state index is 12.2. The first-order valence-corrected chi connectivity index (χ1v) is 6.82. The molecule has 0 unspecified atom stereocenters. The van der Waals surface area contributed by atoms with Crippen LogP contribution in [-0.2, 0) is 9.59 Å². The number of carbonyl (C=O) groups is 2. The molecule has 1 aliphatic carbocycles.